The topological polar surface area (TPSA) is 62.7 Å². The third-order valence-electron chi connectivity index (χ3n) is 5.10. The zero-order valence-electron chi connectivity index (χ0n) is 12.9. The number of aliphatic hydroxyl groups is 1. The van der Waals surface area contributed by atoms with Gasteiger partial charge in [-0.2, -0.15) is 0 Å². The quantitative estimate of drug-likeness (QED) is 0.875. The molecule has 0 unspecified atom stereocenters. The first-order valence-electron chi connectivity index (χ1n) is 8.15. The Hall–Kier alpha value is -1.98. The Kier molecular flexibility index (Phi) is 3.54. The maximum absolute atomic E-state index is 12.9. The summed E-state index contributed by atoms with van der Waals surface area (Å²) in [4.78, 5) is 18.9. The molecule has 3 heterocycles. The molecule has 1 amide bonds. The Balaban J connectivity index is 1.60. The average Bonchev–Trinajstić information content (AvgIpc) is 3.06. The number of nitrogens with zero attached hydrogens (tertiary/aromatic N) is 2. The summed E-state index contributed by atoms with van der Waals surface area (Å²) in [6.45, 7) is 1.61. The number of benzene rings is 1. The van der Waals surface area contributed by atoms with Crippen LogP contribution in [-0.2, 0) is 4.74 Å². The number of hydrogen-bond acceptors (Lipinski definition) is 4. The molecule has 5 heteroatoms. The number of piperidine rings is 1. The summed E-state index contributed by atoms with van der Waals surface area (Å²) in [5.74, 6) is -0.117. The number of ether oxygens (including phenoxy) is 1. The Morgan fingerprint density at radius 1 is 1.30 bits per heavy atom. The minimum atomic E-state index is -0.627. The number of β-amino-alcohol motifs (C(OH)–C–C–N with tert-alkyl or cyclic N) is 1. The number of carbonyl (C=O) groups excluding carboxylic acids is 1. The number of aromatic nitrogens is 1. The molecule has 2 aliphatic heterocycles. The van der Waals surface area contributed by atoms with E-state index in [0.717, 1.165) is 23.6 Å². The van der Waals surface area contributed by atoms with Crippen LogP contribution < -0.4 is 0 Å². The van der Waals surface area contributed by atoms with Crippen LogP contribution in [0.3, 0.4) is 0 Å². The zero-order valence-corrected chi connectivity index (χ0v) is 12.9. The van der Waals surface area contributed by atoms with Crippen LogP contribution in [0.25, 0.3) is 10.8 Å². The second kappa shape index (κ2) is 5.58. The summed E-state index contributed by atoms with van der Waals surface area (Å²) in [6, 6.07) is 9.64. The summed E-state index contributed by atoms with van der Waals surface area (Å²) in [5, 5.41) is 12.4. The van der Waals surface area contributed by atoms with E-state index in [4.69, 9.17) is 4.74 Å². The van der Waals surface area contributed by atoms with Crippen molar-refractivity contribution in [2.75, 3.05) is 19.7 Å². The van der Waals surface area contributed by atoms with Crippen LogP contribution >= 0.6 is 0 Å². The van der Waals surface area contributed by atoms with E-state index < -0.39 is 11.7 Å². The molecular formula is C18H20N2O3. The lowest BCUT2D eigenvalue weighted by Gasteiger charge is -2.42. The van der Waals surface area contributed by atoms with Crippen LogP contribution in [0.15, 0.2) is 36.5 Å². The minimum absolute atomic E-state index is 0.117. The summed E-state index contributed by atoms with van der Waals surface area (Å²) in [7, 11) is 0. The SMILES string of the molecule is O=C(c1nccc2ccccc12)N1CC[C@@]2(CCCO2)[C@@H](O)C1. The van der Waals surface area contributed by atoms with Crippen molar-refractivity contribution in [2.24, 2.45) is 0 Å². The van der Waals surface area contributed by atoms with Crippen LogP contribution in [-0.4, -0.2) is 52.3 Å². The van der Waals surface area contributed by atoms with E-state index >= 15 is 0 Å². The molecule has 5 nitrogen and oxygen atoms in total. The highest BCUT2D eigenvalue weighted by Gasteiger charge is 2.46. The minimum Gasteiger partial charge on any atom is -0.388 e. The fraction of sp³-hybridized carbons (Fsp3) is 0.444. The van der Waals surface area contributed by atoms with Crippen LogP contribution in [0.1, 0.15) is 29.8 Å². The van der Waals surface area contributed by atoms with Gasteiger partial charge in [0.15, 0.2) is 0 Å². The van der Waals surface area contributed by atoms with E-state index in [2.05, 4.69) is 4.98 Å². The van der Waals surface area contributed by atoms with Gasteiger partial charge in [0.1, 0.15) is 11.8 Å². The number of amides is 1. The highest BCUT2D eigenvalue weighted by atomic mass is 16.5. The van der Waals surface area contributed by atoms with Crippen molar-refractivity contribution < 1.29 is 14.6 Å². The van der Waals surface area contributed by atoms with Gasteiger partial charge < -0.3 is 14.7 Å². The molecule has 23 heavy (non-hydrogen) atoms. The first kappa shape index (κ1) is 14.6. The molecule has 120 valence electrons. The molecular weight excluding hydrogens is 292 g/mol. The Morgan fingerprint density at radius 3 is 2.96 bits per heavy atom. The van der Waals surface area contributed by atoms with Crippen molar-refractivity contribution in [1.29, 1.82) is 0 Å². The number of pyridine rings is 1. The Bertz CT molecular complexity index is 735. The van der Waals surface area contributed by atoms with E-state index in [1.807, 2.05) is 30.3 Å². The Morgan fingerprint density at radius 2 is 2.17 bits per heavy atom. The molecule has 1 N–H and O–H groups in total. The summed E-state index contributed by atoms with van der Waals surface area (Å²) >= 11 is 0. The summed E-state index contributed by atoms with van der Waals surface area (Å²) in [6.07, 6.45) is 3.58. The fourth-order valence-corrected chi connectivity index (χ4v) is 3.76. The smallest absolute Gasteiger partial charge is 0.273 e. The van der Waals surface area contributed by atoms with Gasteiger partial charge in [-0.05, 0) is 30.7 Å². The fourth-order valence-electron chi connectivity index (χ4n) is 3.76. The van der Waals surface area contributed by atoms with Gasteiger partial charge in [-0.15, -0.1) is 0 Å². The first-order chi connectivity index (χ1) is 11.2. The predicted molar refractivity (Wildman–Crippen MR) is 86.2 cm³/mol. The van der Waals surface area contributed by atoms with Crippen LogP contribution in [0, 0.1) is 0 Å². The molecule has 2 aliphatic rings. The number of rotatable bonds is 1. The molecule has 2 saturated heterocycles. The number of fused-ring (bicyclic) bond motifs is 1. The first-order valence-corrected chi connectivity index (χ1v) is 8.15. The third-order valence-corrected chi connectivity index (χ3v) is 5.10. The van der Waals surface area contributed by atoms with E-state index in [1.54, 1.807) is 11.1 Å². The molecule has 0 bridgehead atoms. The second-order valence-corrected chi connectivity index (χ2v) is 6.41. The van der Waals surface area contributed by atoms with Crippen molar-refractivity contribution in [1.82, 2.24) is 9.88 Å². The molecule has 2 fully saturated rings. The molecule has 0 aliphatic carbocycles. The van der Waals surface area contributed by atoms with E-state index in [1.165, 1.54) is 0 Å². The molecule has 2 aromatic rings. The van der Waals surface area contributed by atoms with Crippen molar-refractivity contribution in [3.8, 4) is 0 Å². The van der Waals surface area contributed by atoms with Gasteiger partial charge >= 0.3 is 0 Å². The van der Waals surface area contributed by atoms with Gasteiger partial charge in [-0.25, -0.2) is 0 Å². The maximum atomic E-state index is 12.9. The van der Waals surface area contributed by atoms with E-state index in [9.17, 15) is 9.90 Å². The molecule has 4 rings (SSSR count). The molecule has 1 aromatic carbocycles. The molecule has 0 radical (unpaired) electrons. The van der Waals surface area contributed by atoms with Gasteiger partial charge in [0.2, 0.25) is 0 Å². The van der Waals surface area contributed by atoms with Crippen LogP contribution in [0.2, 0.25) is 0 Å². The lowest BCUT2D eigenvalue weighted by atomic mass is 9.86. The van der Waals surface area contributed by atoms with Gasteiger partial charge in [0.25, 0.3) is 5.91 Å². The molecule has 0 saturated carbocycles. The summed E-state index contributed by atoms with van der Waals surface area (Å²) < 4.78 is 5.79. The van der Waals surface area contributed by atoms with Gasteiger partial charge in [0, 0.05) is 31.3 Å². The predicted octanol–water partition coefficient (Wildman–Crippen LogP) is 1.99. The highest BCUT2D eigenvalue weighted by Crippen LogP contribution is 2.36. The average molecular weight is 312 g/mol. The highest BCUT2D eigenvalue weighted by molar-refractivity contribution is 6.05. The maximum Gasteiger partial charge on any atom is 0.273 e. The zero-order chi connectivity index (χ0) is 15.9. The van der Waals surface area contributed by atoms with Crippen LogP contribution in [0.4, 0.5) is 0 Å². The number of carbonyl (C=O) groups is 1. The van der Waals surface area contributed by atoms with Crippen molar-refractivity contribution >= 4 is 16.7 Å². The molecule has 2 atom stereocenters. The summed E-state index contributed by atoms with van der Waals surface area (Å²) in [5.41, 5.74) is 0.0155. The van der Waals surface area contributed by atoms with Crippen molar-refractivity contribution in [3.05, 3.63) is 42.2 Å². The lowest BCUT2D eigenvalue weighted by Crippen LogP contribution is -2.56. The molecule has 1 aromatic heterocycles. The third kappa shape index (κ3) is 2.40. The second-order valence-electron chi connectivity index (χ2n) is 6.41. The largest absolute Gasteiger partial charge is 0.388 e. The van der Waals surface area contributed by atoms with Crippen molar-refractivity contribution in [2.45, 2.75) is 31.0 Å². The van der Waals surface area contributed by atoms with Crippen LogP contribution in [0.5, 0.6) is 0 Å². The van der Waals surface area contributed by atoms with E-state index in [-0.39, 0.29) is 5.91 Å². The van der Waals surface area contributed by atoms with Gasteiger partial charge in [-0.3, -0.25) is 9.78 Å². The van der Waals surface area contributed by atoms with E-state index in [0.29, 0.717) is 31.8 Å². The van der Waals surface area contributed by atoms with Crippen molar-refractivity contribution in [3.63, 3.8) is 0 Å². The lowest BCUT2D eigenvalue weighted by molar-refractivity contribution is -0.123. The monoisotopic (exact) mass is 312 g/mol. The number of hydrogen-bond donors (Lipinski definition) is 1. The molecule has 1 spiro atoms. The Labute approximate surface area is 134 Å². The normalized spacial score (nSPS) is 27.7. The van der Waals surface area contributed by atoms with Gasteiger partial charge in [-0.1, -0.05) is 24.3 Å². The number of aliphatic hydroxyl groups excluding tert-OH is 1. The van der Waals surface area contributed by atoms with Gasteiger partial charge in [0.05, 0.1) is 5.60 Å². The standard InChI is InChI=1S/C18H20N2O3/c21-15-12-20(10-8-18(15)7-3-11-23-18)17(22)16-14-5-2-1-4-13(14)6-9-19-16/h1-2,4-6,9,15,21H,3,7-8,10-12H2/t15-,18-/m0/s1. The number of likely N-dealkylation sites (tertiary alicyclic amines) is 1.